The number of rotatable bonds is 3. The van der Waals surface area contributed by atoms with Gasteiger partial charge in [-0.1, -0.05) is 30.3 Å². The maximum Gasteiger partial charge on any atom is 0.327 e. The highest BCUT2D eigenvalue weighted by molar-refractivity contribution is 5.75. The summed E-state index contributed by atoms with van der Waals surface area (Å²) in [4.78, 5) is 10.9. The van der Waals surface area contributed by atoms with Gasteiger partial charge < -0.3 is 10.5 Å². The summed E-state index contributed by atoms with van der Waals surface area (Å²) in [5, 5.41) is 0. The second kappa shape index (κ2) is 5.19. The van der Waals surface area contributed by atoms with Crippen molar-refractivity contribution >= 4 is 12.0 Å². The first kappa shape index (κ1) is 10.5. The Hall–Kier alpha value is -1.61. The van der Waals surface area contributed by atoms with Crippen molar-refractivity contribution in [3.05, 3.63) is 42.2 Å². The van der Waals surface area contributed by atoms with Crippen LogP contribution in [0.5, 0.6) is 0 Å². The monoisotopic (exact) mass is 191 g/mol. The Morgan fingerprint density at radius 3 is 2.64 bits per heavy atom. The van der Waals surface area contributed by atoms with Gasteiger partial charge in [-0.15, -0.1) is 0 Å². The smallest absolute Gasteiger partial charge is 0.327 e. The van der Waals surface area contributed by atoms with Crippen molar-refractivity contribution in [2.75, 3.05) is 0 Å². The largest absolute Gasteiger partial charge is 0.433 e. The highest BCUT2D eigenvalue weighted by atomic mass is 16.5. The molecule has 1 aromatic rings. The van der Waals surface area contributed by atoms with Crippen LogP contribution in [0.2, 0.25) is 0 Å². The molecule has 0 fully saturated rings. The van der Waals surface area contributed by atoms with Crippen molar-refractivity contribution in [2.45, 2.75) is 13.0 Å². The first-order valence-electron chi connectivity index (χ1n) is 4.38. The number of carbonyl (C=O) groups is 1. The van der Waals surface area contributed by atoms with Gasteiger partial charge in [-0.2, -0.15) is 0 Å². The standard InChI is InChI=1S/C11H13NO2/c1-9(12)11(13)14-8-7-10-5-3-2-4-6-10/h2-9H,12H2,1H3/t9-/m0/s1. The number of benzene rings is 1. The molecule has 0 heterocycles. The Bertz CT molecular complexity index is 317. The second-order valence-corrected chi connectivity index (χ2v) is 2.94. The number of nitrogens with two attached hydrogens (primary N) is 1. The summed E-state index contributed by atoms with van der Waals surface area (Å²) in [6.07, 6.45) is 3.06. The van der Waals surface area contributed by atoms with E-state index < -0.39 is 12.0 Å². The van der Waals surface area contributed by atoms with Crippen molar-refractivity contribution < 1.29 is 9.53 Å². The third-order valence-electron chi connectivity index (χ3n) is 1.62. The van der Waals surface area contributed by atoms with Crippen LogP contribution in [-0.4, -0.2) is 12.0 Å². The molecule has 3 heteroatoms. The third kappa shape index (κ3) is 3.41. The minimum Gasteiger partial charge on any atom is -0.433 e. The highest BCUT2D eigenvalue weighted by Gasteiger charge is 2.05. The molecule has 0 aliphatic carbocycles. The zero-order valence-electron chi connectivity index (χ0n) is 8.01. The molecule has 0 amide bonds. The summed E-state index contributed by atoms with van der Waals surface area (Å²) in [5.41, 5.74) is 6.28. The van der Waals surface area contributed by atoms with E-state index in [1.165, 1.54) is 6.26 Å². The van der Waals surface area contributed by atoms with Gasteiger partial charge in [-0.25, -0.2) is 4.79 Å². The Morgan fingerprint density at radius 1 is 1.43 bits per heavy atom. The molecule has 0 saturated carbocycles. The molecular weight excluding hydrogens is 178 g/mol. The molecule has 14 heavy (non-hydrogen) atoms. The summed E-state index contributed by atoms with van der Waals surface area (Å²) in [5.74, 6) is -0.433. The molecule has 2 N–H and O–H groups in total. The number of carbonyl (C=O) groups excluding carboxylic acids is 1. The second-order valence-electron chi connectivity index (χ2n) is 2.94. The molecular formula is C11H13NO2. The van der Waals surface area contributed by atoms with Gasteiger partial charge in [-0.3, -0.25) is 0 Å². The lowest BCUT2D eigenvalue weighted by Gasteiger charge is -2.00. The highest BCUT2D eigenvalue weighted by Crippen LogP contribution is 2.01. The summed E-state index contributed by atoms with van der Waals surface area (Å²) in [6.45, 7) is 1.58. The number of hydrogen-bond acceptors (Lipinski definition) is 3. The van der Waals surface area contributed by atoms with Crippen LogP contribution in [0.15, 0.2) is 36.6 Å². The first-order valence-corrected chi connectivity index (χ1v) is 4.38. The van der Waals surface area contributed by atoms with Crippen molar-refractivity contribution in [3.63, 3.8) is 0 Å². The molecule has 3 nitrogen and oxygen atoms in total. The van der Waals surface area contributed by atoms with Crippen LogP contribution in [-0.2, 0) is 9.53 Å². The zero-order chi connectivity index (χ0) is 10.4. The number of hydrogen-bond donors (Lipinski definition) is 1. The van der Waals surface area contributed by atoms with E-state index in [0.717, 1.165) is 5.56 Å². The fourth-order valence-electron chi connectivity index (χ4n) is 0.851. The fraction of sp³-hybridized carbons (Fsp3) is 0.182. The van der Waals surface area contributed by atoms with Crippen LogP contribution < -0.4 is 5.73 Å². The van der Waals surface area contributed by atoms with Gasteiger partial charge in [0.2, 0.25) is 0 Å². The van der Waals surface area contributed by atoms with E-state index >= 15 is 0 Å². The molecule has 0 aliphatic heterocycles. The molecule has 0 unspecified atom stereocenters. The minimum absolute atomic E-state index is 0.433. The lowest BCUT2D eigenvalue weighted by molar-refractivity contribution is -0.138. The van der Waals surface area contributed by atoms with Crippen LogP contribution in [0, 0.1) is 0 Å². The van der Waals surface area contributed by atoms with Gasteiger partial charge in [0.05, 0.1) is 6.26 Å². The number of ether oxygens (including phenoxy) is 1. The van der Waals surface area contributed by atoms with Crippen molar-refractivity contribution in [2.24, 2.45) is 5.73 Å². The minimum atomic E-state index is -0.588. The van der Waals surface area contributed by atoms with E-state index in [-0.39, 0.29) is 0 Å². The van der Waals surface area contributed by atoms with Crippen molar-refractivity contribution in [1.29, 1.82) is 0 Å². The maximum atomic E-state index is 10.9. The quantitative estimate of drug-likeness (QED) is 0.582. The van der Waals surface area contributed by atoms with Crippen LogP contribution in [0.4, 0.5) is 0 Å². The van der Waals surface area contributed by atoms with Crippen molar-refractivity contribution in [1.82, 2.24) is 0 Å². The topological polar surface area (TPSA) is 52.3 Å². The van der Waals surface area contributed by atoms with Crippen LogP contribution in [0.1, 0.15) is 12.5 Å². The Morgan fingerprint density at radius 2 is 2.07 bits per heavy atom. The van der Waals surface area contributed by atoms with Gasteiger partial charge in [-0.05, 0) is 18.6 Å². The SMILES string of the molecule is C[C@H](N)C(=O)OC=Cc1ccccc1. The summed E-state index contributed by atoms with van der Waals surface area (Å²) >= 11 is 0. The maximum absolute atomic E-state index is 10.9. The predicted molar refractivity (Wildman–Crippen MR) is 55.2 cm³/mol. The Kier molecular flexibility index (Phi) is 3.88. The fourth-order valence-corrected chi connectivity index (χ4v) is 0.851. The van der Waals surface area contributed by atoms with Crippen LogP contribution in [0.3, 0.4) is 0 Å². The predicted octanol–water partition coefficient (Wildman–Crippen LogP) is 1.55. The molecule has 74 valence electrons. The molecule has 0 aliphatic rings. The van der Waals surface area contributed by atoms with Crippen LogP contribution in [0.25, 0.3) is 6.08 Å². The summed E-state index contributed by atoms with van der Waals surface area (Å²) in [7, 11) is 0. The normalized spacial score (nSPS) is 12.7. The molecule has 0 bridgehead atoms. The van der Waals surface area contributed by atoms with Crippen LogP contribution >= 0.6 is 0 Å². The van der Waals surface area contributed by atoms with E-state index in [2.05, 4.69) is 0 Å². The molecule has 1 atom stereocenters. The van der Waals surface area contributed by atoms with Crippen molar-refractivity contribution in [3.8, 4) is 0 Å². The molecule has 1 aromatic carbocycles. The molecule has 0 saturated heterocycles. The van der Waals surface area contributed by atoms with Gasteiger partial charge in [0.1, 0.15) is 6.04 Å². The Balaban J connectivity index is 2.46. The summed E-state index contributed by atoms with van der Waals surface area (Å²) < 4.78 is 4.76. The average molecular weight is 191 g/mol. The lowest BCUT2D eigenvalue weighted by Crippen LogP contribution is -2.27. The van der Waals surface area contributed by atoms with Gasteiger partial charge in [0.25, 0.3) is 0 Å². The van der Waals surface area contributed by atoms with Gasteiger partial charge >= 0.3 is 5.97 Å². The molecule has 0 radical (unpaired) electrons. The van der Waals surface area contributed by atoms with E-state index in [1.54, 1.807) is 13.0 Å². The van der Waals surface area contributed by atoms with E-state index in [9.17, 15) is 4.79 Å². The molecule has 0 aromatic heterocycles. The van der Waals surface area contributed by atoms with E-state index in [0.29, 0.717) is 0 Å². The third-order valence-corrected chi connectivity index (χ3v) is 1.62. The molecule has 1 rings (SSSR count). The zero-order valence-corrected chi connectivity index (χ0v) is 8.01. The average Bonchev–Trinajstić information content (AvgIpc) is 2.19. The van der Waals surface area contributed by atoms with E-state index in [1.807, 2.05) is 30.3 Å². The van der Waals surface area contributed by atoms with Gasteiger partial charge in [0, 0.05) is 0 Å². The first-order chi connectivity index (χ1) is 6.70. The number of esters is 1. The Labute approximate surface area is 83.2 Å². The molecule has 0 spiro atoms. The lowest BCUT2D eigenvalue weighted by atomic mass is 10.2. The van der Waals surface area contributed by atoms with Gasteiger partial charge in [0.15, 0.2) is 0 Å². The van der Waals surface area contributed by atoms with E-state index in [4.69, 9.17) is 10.5 Å². The summed E-state index contributed by atoms with van der Waals surface area (Å²) in [6, 6.07) is 8.98.